The number of nitro groups is 1. The Morgan fingerprint density at radius 1 is 1.25 bits per heavy atom. The van der Waals surface area contributed by atoms with E-state index >= 15 is 0 Å². The largest absolute Gasteiger partial charge is 0.299 e. The summed E-state index contributed by atoms with van der Waals surface area (Å²) in [4.78, 5) is 21.5. The second-order valence-electron chi connectivity index (χ2n) is 4.91. The van der Waals surface area contributed by atoms with Crippen LogP contribution < -0.4 is 0 Å². The summed E-state index contributed by atoms with van der Waals surface area (Å²) in [5.41, 5.74) is -0.144. The minimum atomic E-state index is -3.49. The smallest absolute Gasteiger partial charge is 0.269 e. The highest BCUT2D eigenvalue weighted by molar-refractivity contribution is 7.91. The van der Waals surface area contributed by atoms with Crippen LogP contribution in [0.25, 0.3) is 0 Å². The van der Waals surface area contributed by atoms with Gasteiger partial charge < -0.3 is 0 Å². The fraction of sp³-hybridized carbons (Fsp3) is 0.462. The molecule has 108 valence electrons. The molecule has 0 spiro atoms. The number of carbonyl (C=O) groups is 1. The van der Waals surface area contributed by atoms with Gasteiger partial charge in [0.25, 0.3) is 5.69 Å². The summed E-state index contributed by atoms with van der Waals surface area (Å²) in [6, 6.07) is 4.83. The van der Waals surface area contributed by atoms with Crippen molar-refractivity contribution in [3.8, 4) is 0 Å². The van der Waals surface area contributed by atoms with E-state index in [1.165, 1.54) is 24.3 Å². The Bertz CT molecular complexity index is 621. The number of ketones is 1. The fourth-order valence-corrected chi connectivity index (χ4v) is 3.76. The number of non-ortho nitro benzene ring substituents is 1. The zero-order valence-corrected chi connectivity index (χ0v) is 11.6. The first-order valence-electron chi connectivity index (χ1n) is 6.40. The van der Waals surface area contributed by atoms with Crippen LogP contribution in [0.1, 0.15) is 25.7 Å². The van der Waals surface area contributed by atoms with Gasteiger partial charge in [0.2, 0.25) is 0 Å². The van der Waals surface area contributed by atoms with Gasteiger partial charge in [0.05, 0.1) is 15.6 Å². The van der Waals surface area contributed by atoms with Crippen LogP contribution in [0.3, 0.4) is 0 Å². The first kappa shape index (κ1) is 14.6. The molecule has 1 aliphatic rings. The lowest BCUT2D eigenvalue weighted by atomic mass is 10.1. The van der Waals surface area contributed by atoms with E-state index in [1.54, 1.807) is 0 Å². The standard InChI is InChI=1S/C13H15NO5S/c15-13-3-1-2-10(13)8-9-20(18,19)12-6-4-11(5-7-12)14(16)17/h4-7,10H,1-3,8-9H2. The maximum absolute atomic E-state index is 12.1. The average Bonchev–Trinajstić information content (AvgIpc) is 2.82. The molecule has 0 amide bonds. The number of benzene rings is 1. The molecule has 0 saturated heterocycles. The fourth-order valence-electron chi connectivity index (χ4n) is 2.38. The van der Waals surface area contributed by atoms with Gasteiger partial charge in [-0.25, -0.2) is 8.42 Å². The minimum absolute atomic E-state index is 0.0635. The van der Waals surface area contributed by atoms with Crippen LogP contribution in [-0.2, 0) is 14.6 Å². The third-order valence-corrected chi connectivity index (χ3v) is 5.34. The average molecular weight is 297 g/mol. The maximum Gasteiger partial charge on any atom is 0.269 e. The molecule has 6 nitrogen and oxygen atoms in total. The number of carbonyl (C=O) groups excluding carboxylic acids is 1. The van der Waals surface area contributed by atoms with E-state index in [9.17, 15) is 23.3 Å². The van der Waals surface area contributed by atoms with Crippen molar-refractivity contribution in [1.29, 1.82) is 0 Å². The summed E-state index contributed by atoms with van der Waals surface area (Å²) in [5.74, 6) is -0.104. The third-order valence-electron chi connectivity index (χ3n) is 3.57. The molecular weight excluding hydrogens is 282 g/mol. The molecule has 0 aromatic heterocycles. The van der Waals surface area contributed by atoms with Crippen molar-refractivity contribution in [3.63, 3.8) is 0 Å². The number of rotatable bonds is 5. The van der Waals surface area contributed by atoms with Gasteiger partial charge in [-0.05, 0) is 31.4 Å². The Kier molecular flexibility index (Phi) is 4.17. The van der Waals surface area contributed by atoms with Crippen LogP contribution in [0.5, 0.6) is 0 Å². The zero-order valence-electron chi connectivity index (χ0n) is 10.8. The van der Waals surface area contributed by atoms with Crippen molar-refractivity contribution in [2.75, 3.05) is 5.75 Å². The quantitative estimate of drug-likeness (QED) is 0.613. The molecular formula is C13H15NO5S. The second-order valence-corrected chi connectivity index (χ2v) is 7.02. The molecule has 7 heteroatoms. The molecule has 1 unspecified atom stereocenters. The van der Waals surface area contributed by atoms with E-state index in [0.717, 1.165) is 12.8 Å². The Hall–Kier alpha value is -1.76. The first-order chi connectivity index (χ1) is 9.40. The van der Waals surface area contributed by atoms with Crippen molar-refractivity contribution in [2.24, 2.45) is 5.92 Å². The molecule has 0 aliphatic heterocycles. The highest BCUT2D eigenvalue weighted by Gasteiger charge is 2.26. The Labute approximate surface area is 116 Å². The minimum Gasteiger partial charge on any atom is -0.299 e. The van der Waals surface area contributed by atoms with Crippen molar-refractivity contribution in [1.82, 2.24) is 0 Å². The number of Topliss-reactive ketones (excluding diaryl/α,β-unsaturated/α-hetero) is 1. The molecule has 2 rings (SSSR count). The van der Waals surface area contributed by atoms with Gasteiger partial charge in [-0.1, -0.05) is 0 Å². The molecule has 0 bridgehead atoms. The lowest BCUT2D eigenvalue weighted by Gasteiger charge is -2.08. The van der Waals surface area contributed by atoms with Gasteiger partial charge in [-0.3, -0.25) is 14.9 Å². The van der Waals surface area contributed by atoms with Gasteiger partial charge in [0.15, 0.2) is 9.84 Å². The van der Waals surface area contributed by atoms with Gasteiger partial charge in [0.1, 0.15) is 5.78 Å². The maximum atomic E-state index is 12.1. The van der Waals surface area contributed by atoms with E-state index < -0.39 is 14.8 Å². The third kappa shape index (κ3) is 3.22. The lowest BCUT2D eigenvalue weighted by Crippen LogP contribution is -2.14. The lowest BCUT2D eigenvalue weighted by molar-refractivity contribution is -0.384. The molecule has 0 radical (unpaired) electrons. The molecule has 0 N–H and O–H groups in total. The summed E-state index contributed by atoms with van der Waals surface area (Å²) >= 11 is 0. The van der Waals surface area contributed by atoms with Crippen LogP contribution >= 0.6 is 0 Å². The Balaban J connectivity index is 2.06. The topological polar surface area (TPSA) is 94.3 Å². The summed E-state index contributed by atoms with van der Waals surface area (Å²) in [7, 11) is -3.49. The molecule has 1 fully saturated rings. The highest BCUT2D eigenvalue weighted by Crippen LogP contribution is 2.26. The molecule has 1 aliphatic carbocycles. The predicted molar refractivity (Wildman–Crippen MR) is 72.1 cm³/mol. The van der Waals surface area contributed by atoms with Crippen LogP contribution in [0, 0.1) is 16.0 Å². The van der Waals surface area contributed by atoms with Crippen molar-refractivity contribution in [3.05, 3.63) is 34.4 Å². The molecule has 1 aromatic carbocycles. The van der Waals surface area contributed by atoms with Crippen LogP contribution in [0.15, 0.2) is 29.2 Å². The highest BCUT2D eigenvalue weighted by atomic mass is 32.2. The van der Waals surface area contributed by atoms with E-state index in [-0.39, 0.29) is 28.0 Å². The van der Waals surface area contributed by atoms with Gasteiger partial charge >= 0.3 is 0 Å². The SMILES string of the molecule is O=C1CCCC1CCS(=O)(=O)c1ccc([N+](=O)[O-])cc1. The van der Waals surface area contributed by atoms with E-state index in [2.05, 4.69) is 0 Å². The summed E-state index contributed by atoms with van der Waals surface area (Å²) in [6.07, 6.45) is 2.47. The Morgan fingerprint density at radius 3 is 2.40 bits per heavy atom. The molecule has 0 heterocycles. The van der Waals surface area contributed by atoms with Gasteiger partial charge in [-0.15, -0.1) is 0 Å². The van der Waals surface area contributed by atoms with Crippen LogP contribution in [0.2, 0.25) is 0 Å². The van der Waals surface area contributed by atoms with Crippen molar-refractivity contribution < 1.29 is 18.1 Å². The van der Waals surface area contributed by atoms with Gasteiger partial charge in [0, 0.05) is 24.5 Å². The number of nitro benzene ring substituents is 1. The number of hydrogen-bond donors (Lipinski definition) is 0. The van der Waals surface area contributed by atoms with E-state index in [0.29, 0.717) is 12.8 Å². The molecule has 20 heavy (non-hydrogen) atoms. The van der Waals surface area contributed by atoms with Crippen LogP contribution in [0.4, 0.5) is 5.69 Å². The monoisotopic (exact) mass is 297 g/mol. The van der Waals surface area contributed by atoms with Gasteiger partial charge in [-0.2, -0.15) is 0 Å². The Morgan fingerprint density at radius 2 is 1.90 bits per heavy atom. The number of sulfone groups is 1. The van der Waals surface area contributed by atoms with E-state index in [4.69, 9.17) is 0 Å². The summed E-state index contributed by atoms with van der Waals surface area (Å²) in [6.45, 7) is 0. The molecule has 1 saturated carbocycles. The zero-order chi connectivity index (χ0) is 14.8. The van der Waals surface area contributed by atoms with Crippen molar-refractivity contribution >= 4 is 21.3 Å². The van der Waals surface area contributed by atoms with E-state index in [1.807, 2.05) is 0 Å². The first-order valence-corrected chi connectivity index (χ1v) is 8.05. The summed E-state index contributed by atoms with van der Waals surface area (Å²) in [5, 5.41) is 10.5. The second kappa shape index (κ2) is 5.70. The predicted octanol–water partition coefficient (Wildman–Crippen LogP) is 2.13. The van der Waals surface area contributed by atoms with Crippen LogP contribution in [-0.4, -0.2) is 24.9 Å². The molecule has 1 aromatic rings. The molecule has 1 atom stereocenters. The number of hydrogen-bond acceptors (Lipinski definition) is 5. The summed E-state index contributed by atoms with van der Waals surface area (Å²) < 4.78 is 24.2. The normalized spacial score (nSPS) is 19.2. The number of nitrogens with zero attached hydrogens (tertiary/aromatic N) is 1. The van der Waals surface area contributed by atoms with Crippen molar-refractivity contribution in [2.45, 2.75) is 30.6 Å².